The van der Waals surface area contributed by atoms with Gasteiger partial charge in [0.05, 0.1) is 12.5 Å². The summed E-state index contributed by atoms with van der Waals surface area (Å²) in [6.07, 6.45) is 1.91. The van der Waals surface area contributed by atoms with Crippen molar-refractivity contribution < 1.29 is 4.74 Å². The van der Waals surface area contributed by atoms with Crippen molar-refractivity contribution in [1.82, 2.24) is 14.8 Å². The summed E-state index contributed by atoms with van der Waals surface area (Å²) in [6.45, 7) is 4.76. The van der Waals surface area contributed by atoms with Crippen LogP contribution >= 0.6 is 11.6 Å². The van der Waals surface area contributed by atoms with E-state index >= 15 is 0 Å². The molecule has 19 heavy (non-hydrogen) atoms. The van der Waals surface area contributed by atoms with E-state index in [-0.39, 0.29) is 0 Å². The van der Waals surface area contributed by atoms with Gasteiger partial charge < -0.3 is 4.74 Å². The van der Waals surface area contributed by atoms with Crippen molar-refractivity contribution in [1.29, 1.82) is 0 Å². The summed E-state index contributed by atoms with van der Waals surface area (Å²) in [6, 6.07) is 7.91. The molecule has 0 radical (unpaired) electrons. The highest BCUT2D eigenvalue weighted by atomic mass is 35.5. The van der Waals surface area contributed by atoms with Crippen LogP contribution in [0.15, 0.2) is 24.3 Å². The normalized spacial score (nSPS) is 10.7. The molecule has 0 fully saturated rings. The highest BCUT2D eigenvalue weighted by Crippen LogP contribution is 2.19. The van der Waals surface area contributed by atoms with Gasteiger partial charge in [-0.05, 0) is 37.6 Å². The zero-order valence-corrected chi connectivity index (χ0v) is 12.0. The van der Waals surface area contributed by atoms with Crippen LogP contribution in [0.3, 0.4) is 0 Å². The van der Waals surface area contributed by atoms with Crippen molar-refractivity contribution in [2.24, 2.45) is 0 Å². The molecule has 0 saturated heterocycles. The molecule has 0 saturated carbocycles. The Bertz CT molecular complexity index is 522. The standard InChI is InChI=1S/C14H18ClN3O/c1-3-5-13-16-17-14(10-15)18(13)11-6-8-12(9-7-11)19-4-2/h6-9H,3-5,10H2,1-2H3. The number of aromatic nitrogens is 3. The van der Waals surface area contributed by atoms with Crippen molar-refractivity contribution in [2.75, 3.05) is 6.61 Å². The molecule has 0 amide bonds. The Hall–Kier alpha value is -1.55. The van der Waals surface area contributed by atoms with Crippen LogP contribution in [0.2, 0.25) is 0 Å². The lowest BCUT2D eigenvalue weighted by Gasteiger charge is -2.10. The summed E-state index contributed by atoms with van der Waals surface area (Å²) in [5.41, 5.74) is 1.02. The van der Waals surface area contributed by atoms with Gasteiger partial charge in [0.1, 0.15) is 11.6 Å². The maximum absolute atomic E-state index is 5.93. The maximum atomic E-state index is 5.93. The van der Waals surface area contributed by atoms with Gasteiger partial charge in [0.25, 0.3) is 0 Å². The molecule has 0 spiro atoms. The number of hydrogen-bond donors (Lipinski definition) is 0. The van der Waals surface area contributed by atoms with Gasteiger partial charge in [-0.25, -0.2) is 0 Å². The Labute approximate surface area is 118 Å². The van der Waals surface area contributed by atoms with Crippen LogP contribution in [0.1, 0.15) is 31.9 Å². The fourth-order valence-electron chi connectivity index (χ4n) is 1.98. The summed E-state index contributed by atoms with van der Waals surface area (Å²) in [5, 5.41) is 8.35. The average molecular weight is 280 g/mol. The van der Waals surface area contributed by atoms with Crippen molar-refractivity contribution in [2.45, 2.75) is 32.6 Å². The number of halogens is 1. The highest BCUT2D eigenvalue weighted by Gasteiger charge is 2.12. The van der Waals surface area contributed by atoms with Crippen LogP contribution in [0.25, 0.3) is 5.69 Å². The Kier molecular flexibility index (Phi) is 4.80. The quantitative estimate of drug-likeness (QED) is 0.761. The van der Waals surface area contributed by atoms with Crippen LogP contribution in [0.5, 0.6) is 5.75 Å². The van der Waals surface area contributed by atoms with E-state index in [1.54, 1.807) is 0 Å². The zero-order valence-electron chi connectivity index (χ0n) is 11.3. The monoisotopic (exact) mass is 279 g/mol. The molecule has 0 N–H and O–H groups in total. The smallest absolute Gasteiger partial charge is 0.152 e. The molecule has 0 bridgehead atoms. The van der Waals surface area contributed by atoms with E-state index in [1.165, 1.54) is 0 Å². The van der Waals surface area contributed by atoms with Gasteiger partial charge in [0.15, 0.2) is 5.82 Å². The molecular weight excluding hydrogens is 262 g/mol. The van der Waals surface area contributed by atoms with Crippen LogP contribution in [-0.2, 0) is 12.3 Å². The largest absolute Gasteiger partial charge is 0.494 e. The Balaban J connectivity index is 2.36. The minimum atomic E-state index is 0.351. The van der Waals surface area contributed by atoms with E-state index in [4.69, 9.17) is 16.3 Å². The summed E-state index contributed by atoms with van der Waals surface area (Å²) >= 11 is 5.93. The molecule has 0 unspecified atom stereocenters. The predicted octanol–water partition coefficient (Wildman–Crippen LogP) is 3.36. The second-order valence-corrected chi connectivity index (χ2v) is 4.45. The van der Waals surface area contributed by atoms with Crippen LogP contribution < -0.4 is 4.74 Å². The van der Waals surface area contributed by atoms with Crippen molar-refractivity contribution in [3.63, 3.8) is 0 Å². The first-order valence-electron chi connectivity index (χ1n) is 6.52. The number of hydrogen-bond acceptors (Lipinski definition) is 3. The van der Waals surface area contributed by atoms with Gasteiger partial charge in [-0.2, -0.15) is 0 Å². The molecule has 1 aromatic heterocycles. The molecular formula is C14H18ClN3O. The molecule has 2 aromatic rings. The summed E-state index contributed by atoms with van der Waals surface area (Å²) in [7, 11) is 0. The zero-order chi connectivity index (χ0) is 13.7. The highest BCUT2D eigenvalue weighted by molar-refractivity contribution is 6.16. The van der Waals surface area contributed by atoms with E-state index in [1.807, 2.05) is 35.8 Å². The second kappa shape index (κ2) is 6.57. The number of benzene rings is 1. The lowest BCUT2D eigenvalue weighted by atomic mass is 10.2. The molecule has 1 heterocycles. The van der Waals surface area contributed by atoms with Gasteiger partial charge in [0.2, 0.25) is 0 Å². The number of nitrogens with zero attached hydrogens (tertiary/aromatic N) is 3. The lowest BCUT2D eigenvalue weighted by molar-refractivity contribution is 0.340. The lowest BCUT2D eigenvalue weighted by Crippen LogP contribution is -2.04. The fourth-order valence-corrected chi connectivity index (χ4v) is 2.15. The number of aryl methyl sites for hydroxylation is 1. The molecule has 0 atom stereocenters. The first kappa shape index (κ1) is 13.9. The third-order valence-corrected chi connectivity index (χ3v) is 3.04. The Morgan fingerprint density at radius 2 is 1.79 bits per heavy atom. The topological polar surface area (TPSA) is 39.9 Å². The molecule has 0 aliphatic rings. The van der Waals surface area contributed by atoms with E-state index in [9.17, 15) is 0 Å². The SMILES string of the molecule is CCCc1nnc(CCl)n1-c1ccc(OCC)cc1. The van der Waals surface area contributed by atoms with E-state index in [0.29, 0.717) is 12.5 Å². The second-order valence-electron chi connectivity index (χ2n) is 4.18. The molecule has 5 heteroatoms. The molecule has 1 aromatic carbocycles. The first-order chi connectivity index (χ1) is 9.30. The number of rotatable bonds is 6. The first-order valence-corrected chi connectivity index (χ1v) is 7.06. The Morgan fingerprint density at radius 1 is 1.11 bits per heavy atom. The molecule has 2 rings (SSSR count). The minimum Gasteiger partial charge on any atom is -0.494 e. The number of ether oxygens (including phenoxy) is 1. The van der Waals surface area contributed by atoms with Crippen molar-refractivity contribution in [3.05, 3.63) is 35.9 Å². The molecule has 4 nitrogen and oxygen atoms in total. The van der Waals surface area contributed by atoms with E-state index < -0.39 is 0 Å². The van der Waals surface area contributed by atoms with Gasteiger partial charge in [-0.3, -0.25) is 4.57 Å². The third-order valence-electron chi connectivity index (χ3n) is 2.80. The summed E-state index contributed by atoms with van der Waals surface area (Å²) in [4.78, 5) is 0. The fraction of sp³-hybridized carbons (Fsp3) is 0.429. The molecule has 0 aliphatic carbocycles. The van der Waals surface area contributed by atoms with Crippen molar-refractivity contribution >= 4 is 11.6 Å². The maximum Gasteiger partial charge on any atom is 0.152 e. The van der Waals surface area contributed by atoms with Crippen LogP contribution in [-0.4, -0.2) is 21.4 Å². The minimum absolute atomic E-state index is 0.351. The van der Waals surface area contributed by atoms with Gasteiger partial charge in [-0.15, -0.1) is 21.8 Å². The molecule has 102 valence electrons. The average Bonchev–Trinajstić information content (AvgIpc) is 2.83. The van der Waals surface area contributed by atoms with Crippen molar-refractivity contribution in [3.8, 4) is 11.4 Å². The van der Waals surface area contributed by atoms with Crippen LogP contribution in [0, 0.1) is 0 Å². The van der Waals surface area contributed by atoms with Gasteiger partial charge >= 0.3 is 0 Å². The van der Waals surface area contributed by atoms with E-state index in [0.717, 1.165) is 35.9 Å². The van der Waals surface area contributed by atoms with Gasteiger partial charge in [0, 0.05) is 12.1 Å². The third kappa shape index (κ3) is 3.07. The molecule has 0 aliphatic heterocycles. The predicted molar refractivity (Wildman–Crippen MR) is 76.1 cm³/mol. The summed E-state index contributed by atoms with van der Waals surface area (Å²) in [5.74, 6) is 2.93. The van der Waals surface area contributed by atoms with E-state index in [2.05, 4.69) is 17.1 Å². The summed E-state index contributed by atoms with van der Waals surface area (Å²) < 4.78 is 7.47. The Morgan fingerprint density at radius 3 is 2.37 bits per heavy atom. The van der Waals surface area contributed by atoms with Crippen LogP contribution in [0.4, 0.5) is 0 Å². The van der Waals surface area contributed by atoms with Gasteiger partial charge in [-0.1, -0.05) is 6.92 Å². The number of alkyl halides is 1.